The van der Waals surface area contributed by atoms with Crippen LogP contribution in [0.1, 0.15) is 64.4 Å². The van der Waals surface area contributed by atoms with Crippen molar-refractivity contribution in [3.63, 3.8) is 0 Å². The number of amides is 8. The van der Waals surface area contributed by atoms with Crippen LogP contribution in [-0.4, -0.2) is 115 Å². The molecule has 1 saturated heterocycles. The summed E-state index contributed by atoms with van der Waals surface area (Å²) in [5.41, 5.74) is 6.36. The van der Waals surface area contributed by atoms with Crippen LogP contribution < -0.4 is 27.0 Å². The SMILES string of the molecule is CC(C)C(NC(=O)CCCCCN1C(=O)C=CC1=O)C(=O)N[C@@H](CCCNC(N)=O)C(=O)Nc1ccc(COC(=O)N2CCCN(C)CC2)cc1. The predicted octanol–water partition coefficient (Wildman–Crippen LogP) is 1.46. The van der Waals surface area contributed by atoms with Gasteiger partial charge in [-0.05, 0) is 69.3 Å². The van der Waals surface area contributed by atoms with E-state index in [1.165, 1.54) is 12.2 Å². The zero-order valence-electron chi connectivity index (χ0n) is 29.8. The van der Waals surface area contributed by atoms with Crippen molar-refractivity contribution in [1.82, 2.24) is 30.7 Å². The number of nitrogens with two attached hydrogens (primary N) is 1. The highest BCUT2D eigenvalue weighted by Crippen LogP contribution is 2.14. The summed E-state index contributed by atoms with van der Waals surface area (Å²) >= 11 is 0. The minimum absolute atomic E-state index is 0.0750. The molecular weight excluding hydrogens is 660 g/mol. The summed E-state index contributed by atoms with van der Waals surface area (Å²) < 4.78 is 5.50. The first kappa shape index (κ1) is 40.4. The van der Waals surface area contributed by atoms with Crippen LogP contribution in [0.5, 0.6) is 0 Å². The molecule has 3 rings (SSSR count). The Balaban J connectivity index is 1.52. The Labute approximate surface area is 298 Å². The minimum Gasteiger partial charge on any atom is -0.445 e. The van der Waals surface area contributed by atoms with E-state index in [1.807, 2.05) is 7.05 Å². The average molecular weight is 713 g/mol. The van der Waals surface area contributed by atoms with Crippen molar-refractivity contribution in [2.75, 3.05) is 51.6 Å². The Morgan fingerprint density at radius 1 is 0.863 bits per heavy atom. The summed E-state index contributed by atoms with van der Waals surface area (Å²) in [7, 11) is 2.02. The molecule has 1 aromatic rings. The molecule has 8 amide bonds. The number of urea groups is 1. The molecule has 51 heavy (non-hydrogen) atoms. The van der Waals surface area contributed by atoms with Crippen molar-refractivity contribution in [1.29, 1.82) is 0 Å². The lowest BCUT2D eigenvalue weighted by Crippen LogP contribution is -2.54. The molecule has 1 aromatic carbocycles. The van der Waals surface area contributed by atoms with E-state index in [0.29, 0.717) is 44.5 Å². The monoisotopic (exact) mass is 712 g/mol. The fraction of sp³-hybridized carbons (Fsp3) is 0.571. The van der Waals surface area contributed by atoms with Crippen LogP contribution in [0.15, 0.2) is 36.4 Å². The molecule has 0 aromatic heterocycles. The molecule has 0 aliphatic carbocycles. The second-order valence-corrected chi connectivity index (χ2v) is 13.1. The van der Waals surface area contributed by atoms with E-state index in [9.17, 15) is 33.6 Å². The zero-order valence-corrected chi connectivity index (χ0v) is 29.8. The summed E-state index contributed by atoms with van der Waals surface area (Å²) in [6.07, 6.45) is 5.28. The van der Waals surface area contributed by atoms with Gasteiger partial charge in [0.25, 0.3) is 11.8 Å². The van der Waals surface area contributed by atoms with Crippen molar-refractivity contribution < 1.29 is 38.3 Å². The minimum atomic E-state index is -0.996. The number of nitrogens with one attached hydrogen (secondary N) is 4. The number of unbranched alkanes of at least 4 members (excludes halogenated alkanes) is 2. The Hall–Kier alpha value is -4.99. The topological polar surface area (TPSA) is 213 Å². The largest absolute Gasteiger partial charge is 0.445 e. The first-order chi connectivity index (χ1) is 24.3. The molecule has 16 heteroatoms. The third kappa shape index (κ3) is 14.0. The highest BCUT2D eigenvalue weighted by atomic mass is 16.6. The van der Waals surface area contributed by atoms with E-state index in [4.69, 9.17) is 10.5 Å². The second-order valence-electron chi connectivity index (χ2n) is 13.1. The van der Waals surface area contributed by atoms with E-state index >= 15 is 0 Å². The highest BCUT2D eigenvalue weighted by Gasteiger charge is 2.29. The number of carbonyl (C=O) groups is 7. The number of rotatable bonds is 18. The van der Waals surface area contributed by atoms with Crippen molar-refractivity contribution in [3.05, 3.63) is 42.0 Å². The summed E-state index contributed by atoms with van der Waals surface area (Å²) in [5.74, 6) is -2.35. The number of benzene rings is 1. The number of hydrogen-bond donors (Lipinski definition) is 5. The van der Waals surface area contributed by atoms with Gasteiger partial charge in [-0.25, -0.2) is 9.59 Å². The first-order valence-corrected chi connectivity index (χ1v) is 17.5. The molecule has 0 spiro atoms. The number of nitrogens with zero attached hydrogens (tertiary/aromatic N) is 3. The van der Waals surface area contributed by atoms with Crippen molar-refractivity contribution in [2.24, 2.45) is 11.7 Å². The van der Waals surface area contributed by atoms with Crippen molar-refractivity contribution in [3.8, 4) is 0 Å². The lowest BCUT2D eigenvalue weighted by molar-refractivity contribution is -0.137. The molecule has 2 aliphatic heterocycles. The molecule has 16 nitrogen and oxygen atoms in total. The Bertz CT molecular complexity index is 1400. The number of likely N-dealkylation sites (N-methyl/N-ethyl adjacent to an activating group) is 1. The first-order valence-electron chi connectivity index (χ1n) is 17.5. The van der Waals surface area contributed by atoms with E-state index in [0.717, 1.165) is 30.0 Å². The highest BCUT2D eigenvalue weighted by molar-refractivity contribution is 6.12. The van der Waals surface area contributed by atoms with Gasteiger partial charge in [-0.2, -0.15) is 0 Å². The molecule has 6 N–H and O–H groups in total. The maximum atomic E-state index is 13.4. The van der Waals surface area contributed by atoms with Crippen LogP contribution in [0, 0.1) is 5.92 Å². The van der Waals surface area contributed by atoms with Gasteiger partial charge in [0, 0.05) is 57.0 Å². The fourth-order valence-electron chi connectivity index (χ4n) is 5.59. The van der Waals surface area contributed by atoms with Gasteiger partial charge in [0.05, 0.1) is 0 Å². The Morgan fingerprint density at radius 3 is 2.24 bits per heavy atom. The third-order valence-electron chi connectivity index (χ3n) is 8.62. The van der Waals surface area contributed by atoms with Crippen molar-refractivity contribution >= 4 is 47.3 Å². The predicted molar refractivity (Wildman–Crippen MR) is 189 cm³/mol. The van der Waals surface area contributed by atoms with Gasteiger partial charge < -0.3 is 41.5 Å². The summed E-state index contributed by atoms with van der Waals surface area (Å²) in [4.78, 5) is 91.6. The quantitative estimate of drug-likeness (QED) is 0.110. The van der Waals surface area contributed by atoms with E-state index in [2.05, 4.69) is 26.2 Å². The van der Waals surface area contributed by atoms with Crippen molar-refractivity contribution in [2.45, 2.75) is 77.5 Å². The number of anilines is 1. The zero-order chi connectivity index (χ0) is 37.3. The number of primary amides is 1. The molecule has 1 fully saturated rings. The fourth-order valence-corrected chi connectivity index (χ4v) is 5.59. The van der Waals surface area contributed by atoms with Crippen LogP contribution in [0.4, 0.5) is 15.3 Å². The molecule has 280 valence electrons. The maximum Gasteiger partial charge on any atom is 0.410 e. The number of carbonyl (C=O) groups excluding carboxylic acids is 7. The van der Waals surface area contributed by atoms with Gasteiger partial charge in [0.2, 0.25) is 17.7 Å². The Kier molecular flexibility index (Phi) is 16.4. The van der Waals surface area contributed by atoms with Crippen LogP contribution in [0.25, 0.3) is 0 Å². The normalized spacial score (nSPS) is 16.0. The van der Waals surface area contributed by atoms with Gasteiger partial charge in [-0.3, -0.25) is 28.9 Å². The van der Waals surface area contributed by atoms with Crippen LogP contribution in [0.3, 0.4) is 0 Å². The van der Waals surface area contributed by atoms with Gasteiger partial charge in [-0.1, -0.05) is 32.4 Å². The van der Waals surface area contributed by atoms with E-state index in [1.54, 1.807) is 43.0 Å². The molecule has 0 radical (unpaired) electrons. The van der Waals surface area contributed by atoms with Crippen LogP contribution >= 0.6 is 0 Å². The maximum absolute atomic E-state index is 13.4. The van der Waals surface area contributed by atoms with Gasteiger partial charge in [-0.15, -0.1) is 0 Å². The van der Waals surface area contributed by atoms with Gasteiger partial charge >= 0.3 is 12.1 Å². The third-order valence-corrected chi connectivity index (χ3v) is 8.62. The van der Waals surface area contributed by atoms with E-state index < -0.39 is 29.9 Å². The Morgan fingerprint density at radius 2 is 1.57 bits per heavy atom. The number of hydrogen-bond acceptors (Lipinski definition) is 9. The molecular formula is C35H52N8O8. The molecule has 1 unspecified atom stereocenters. The van der Waals surface area contributed by atoms with Crippen LogP contribution in [0.2, 0.25) is 0 Å². The molecule has 0 bridgehead atoms. The number of ether oxygens (including phenoxy) is 1. The molecule has 0 saturated carbocycles. The lowest BCUT2D eigenvalue weighted by Gasteiger charge is -2.25. The smallest absolute Gasteiger partial charge is 0.410 e. The average Bonchev–Trinajstić information content (AvgIpc) is 3.25. The molecule has 2 heterocycles. The molecule has 2 atom stereocenters. The summed E-state index contributed by atoms with van der Waals surface area (Å²) in [6.45, 7) is 7.06. The lowest BCUT2D eigenvalue weighted by atomic mass is 10.0. The molecule has 2 aliphatic rings. The standard InChI is InChI=1S/C35H52N8O8/c1-24(2)31(40-28(44)10-5-4-6-20-43-29(45)15-16-30(43)46)33(48)39-27(9-7-17-37-34(36)49)32(47)38-26-13-11-25(12-14-26)23-51-35(50)42-19-8-18-41(3)21-22-42/h11-16,24,27,31H,4-10,17-23H2,1-3H3,(H,38,47)(H,39,48)(H,40,44)(H3,36,37,49)/t27-,31?/m0/s1. The summed E-state index contributed by atoms with van der Waals surface area (Å²) in [6, 6.07) is 4.19. The summed E-state index contributed by atoms with van der Waals surface area (Å²) in [5, 5.41) is 10.8. The van der Waals surface area contributed by atoms with E-state index in [-0.39, 0.29) is 62.3 Å². The van der Waals surface area contributed by atoms with Gasteiger partial charge in [0.1, 0.15) is 18.7 Å². The van der Waals surface area contributed by atoms with Gasteiger partial charge in [0.15, 0.2) is 0 Å². The second kappa shape index (κ2) is 20.6. The number of imide groups is 1. The van der Waals surface area contributed by atoms with Crippen LogP contribution in [-0.2, 0) is 35.3 Å².